The fraction of sp³-hybridized carbons (Fsp3) is 0.333. The molecule has 0 aliphatic carbocycles. The Hall–Kier alpha value is -2.10. The van der Waals surface area contributed by atoms with Gasteiger partial charge in [-0.2, -0.15) is 13.2 Å². The summed E-state index contributed by atoms with van der Waals surface area (Å²) in [5.74, 6) is -0.290. The van der Waals surface area contributed by atoms with Crippen molar-refractivity contribution >= 4 is 23.6 Å². The van der Waals surface area contributed by atoms with Crippen molar-refractivity contribution in [2.45, 2.75) is 30.4 Å². The van der Waals surface area contributed by atoms with Crippen molar-refractivity contribution in [2.24, 2.45) is 0 Å². The second-order valence-corrected chi connectivity index (χ2v) is 5.61. The van der Waals surface area contributed by atoms with Gasteiger partial charge in [0.05, 0.1) is 10.9 Å². The third-order valence-electron chi connectivity index (χ3n) is 2.45. The van der Waals surface area contributed by atoms with Gasteiger partial charge in [0.25, 0.3) is 0 Å². The zero-order valence-electron chi connectivity index (χ0n) is 11.5. The summed E-state index contributed by atoms with van der Waals surface area (Å²) < 4.78 is 42.5. The van der Waals surface area contributed by atoms with Crippen molar-refractivity contribution in [2.75, 3.05) is 5.32 Å². The lowest BCUT2D eigenvalue weighted by molar-refractivity contribution is -0.141. The summed E-state index contributed by atoms with van der Waals surface area (Å²) in [6.07, 6.45) is -3.55. The van der Waals surface area contributed by atoms with Crippen LogP contribution in [0.1, 0.15) is 18.3 Å². The first-order valence-corrected chi connectivity index (χ1v) is 6.95. The second kappa shape index (κ2) is 6.34. The Bertz CT molecular complexity index is 674. The molecular weight excluding hydrogens is 321 g/mol. The van der Waals surface area contributed by atoms with E-state index in [0.29, 0.717) is 5.69 Å². The smallest absolute Gasteiger partial charge is 0.338 e. The predicted molar refractivity (Wildman–Crippen MR) is 72.2 cm³/mol. The standard InChI is InChI=1S/C12H11F3N4O2S/c1-6-5-9(21-19-6)18-10(20)7(2)22-11-16-4-3-8(17-11)12(13,14)15/h3-5,7H,1-2H3,(H,18,20). The van der Waals surface area contributed by atoms with Crippen molar-refractivity contribution in [1.82, 2.24) is 15.1 Å². The molecule has 0 saturated carbocycles. The monoisotopic (exact) mass is 332 g/mol. The highest BCUT2D eigenvalue weighted by Crippen LogP contribution is 2.29. The van der Waals surface area contributed by atoms with Gasteiger partial charge >= 0.3 is 6.18 Å². The average Bonchev–Trinajstić information content (AvgIpc) is 2.83. The van der Waals surface area contributed by atoms with Crippen LogP contribution < -0.4 is 5.32 Å². The van der Waals surface area contributed by atoms with Gasteiger partial charge in [-0.05, 0) is 19.9 Å². The highest BCUT2D eigenvalue weighted by atomic mass is 32.2. The van der Waals surface area contributed by atoms with Gasteiger partial charge in [-0.15, -0.1) is 0 Å². The van der Waals surface area contributed by atoms with Crippen LogP contribution in [0.15, 0.2) is 28.0 Å². The molecule has 2 aromatic rings. The number of halogens is 3. The fourth-order valence-corrected chi connectivity index (χ4v) is 2.17. The van der Waals surface area contributed by atoms with E-state index in [2.05, 4.69) is 20.4 Å². The number of thioether (sulfide) groups is 1. The molecule has 0 fully saturated rings. The quantitative estimate of drug-likeness (QED) is 0.685. The minimum atomic E-state index is -4.55. The molecule has 1 unspecified atom stereocenters. The Morgan fingerprint density at radius 3 is 2.77 bits per heavy atom. The first-order chi connectivity index (χ1) is 10.3. The van der Waals surface area contributed by atoms with E-state index in [4.69, 9.17) is 4.52 Å². The topological polar surface area (TPSA) is 80.9 Å². The molecule has 1 N–H and O–H groups in total. The van der Waals surface area contributed by atoms with Gasteiger partial charge in [-0.3, -0.25) is 10.1 Å². The van der Waals surface area contributed by atoms with E-state index >= 15 is 0 Å². The van der Waals surface area contributed by atoms with Crippen LogP contribution in [-0.4, -0.2) is 26.3 Å². The van der Waals surface area contributed by atoms with Crippen molar-refractivity contribution < 1.29 is 22.5 Å². The van der Waals surface area contributed by atoms with E-state index in [9.17, 15) is 18.0 Å². The summed E-state index contributed by atoms with van der Waals surface area (Å²) in [5, 5.41) is 5.22. The maximum atomic E-state index is 12.6. The van der Waals surface area contributed by atoms with Gasteiger partial charge in [-0.25, -0.2) is 9.97 Å². The zero-order chi connectivity index (χ0) is 16.3. The molecule has 1 amide bonds. The average molecular weight is 332 g/mol. The molecule has 10 heteroatoms. The fourth-order valence-electron chi connectivity index (χ4n) is 1.41. The molecule has 118 valence electrons. The number of aromatic nitrogens is 3. The van der Waals surface area contributed by atoms with Crippen molar-refractivity contribution in [3.8, 4) is 0 Å². The Balaban J connectivity index is 2.02. The molecule has 0 bridgehead atoms. The summed E-state index contributed by atoms with van der Waals surface area (Å²) in [4.78, 5) is 19.0. The second-order valence-electron chi connectivity index (χ2n) is 4.30. The molecule has 0 saturated heterocycles. The predicted octanol–water partition coefficient (Wildman–Crippen LogP) is 2.91. The molecule has 0 aliphatic heterocycles. The lowest BCUT2D eigenvalue weighted by Crippen LogP contribution is -2.22. The van der Waals surface area contributed by atoms with Gasteiger partial charge in [0.2, 0.25) is 11.8 Å². The molecule has 22 heavy (non-hydrogen) atoms. The van der Waals surface area contributed by atoms with Crippen LogP contribution in [0.2, 0.25) is 0 Å². The molecule has 1 atom stereocenters. The molecule has 0 radical (unpaired) electrons. The SMILES string of the molecule is Cc1cc(NC(=O)C(C)Sc2nccc(C(F)(F)F)n2)on1. The van der Waals surface area contributed by atoms with Crippen LogP contribution in [-0.2, 0) is 11.0 Å². The van der Waals surface area contributed by atoms with Crippen LogP contribution in [0.4, 0.5) is 19.1 Å². The number of rotatable bonds is 4. The number of hydrogen-bond acceptors (Lipinski definition) is 6. The first-order valence-electron chi connectivity index (χ1n) is 6.07. The Morgan fingerprint density at radius 1 is 1.45 bits per heavy atom. The van der Waals surface area contributed by atoms with Crippen LogP contribution in [0, 0.1) is 6.92 Å². The molecule has 0 aromatic carbocycles. The van der Waals surface area contributed by atoms with Crippen LogP contribution in [0.3, 0.4) is 0 Å². The van der Waals surface area contributed by atoms with E-state index in [1.54, 1.807) is 6.92 Å². The first kappa shape index (κ1) is 16.3. The van der Waals surface area contributed by atoms with Crippen molar-refractivity contribution in [3.05, 3.63) is 29.7 Å². The lowest BCUT2D eigenvalue weighted by atomic mass is 10.4. The van der Waals surface area contributed by atoms with Gasteiger partial charge in [0, 0.05) is 12.3 Å². The van der Waals surface area contributed by atoms with Crippen molar-refractivity contribution in [3.63, 3.8) is 0 Å². The van der Waals surface area contributed by atoms with Crippen molar-refractivity contribution in [1.29, 1.82) is 0 Å². The number of alkyl halides is 3. The highest BCUT2D eigenvalue weighted by molar-refractivity contribution is 8.00. The third kappa shape index (κ3) is 4.20. The molecule has 2 heterocycles. The van der Waals surface area contributed by atoms with Gasteiger partial charge in [-0.1, -0.05) is 16.9 Å². The maximum Gasteiger partial charge on any atom is 0.433 e. The van der Waals surface area contributed by atoms with Gasteiger partial charge in [0.1, 0.15) is 5.69 Å². The Morgan fingerprint density at radius 2 is 2.18 bits per heavy atom. The molecule has 2 rings (SSSR count). The number of aryl methyl sites for hydroxylation is 1. The number of carbonyl (C=O) groups excluding carboxylic acids is 1. The molecule has 2 aromatic heterocycles. The summed E-state index contributed by atoms with van der Waals surface area (Å²) in [6.45, 7) is 3.21. The lowest BCUT2D eigenvalue weighted by Gasteiger charge is -2.10. The van der Waals surface area contributed by atoms with Crippen LogP contribution >= 0.6 is 11.8 Å². The largest absolute Gasteiger partial charge is 0.433 e. The summed E-state index contributed by atoms with van der Waals surface area (Å²) >= 11 is 0.812. The minimum absolute atomic E-state index is 0.133. The third-order valence-corrected chi connectivity index (χ3v) is 3.42. The van der Waals surface area contributed by atoms with E-state index in [-0.39, 0.29) is 11.0 Å². The number of hydrogen-bond donors (Lipinski definition) is 1. The van der Waals surface area contributed by atoms with Gasteiger partial charge < -0.3 is 4.52 Å². The van der Waals surface area contributed by atoms with Crippen LogP contribution in [0.5, 0.6) is 0 Å². The van der Waals surface area contributed by atoms with Crippen LogP contribution in [0.25, 0.3) is 0 Å². The normalized spacial score (nSPS) is 13.0. The van der Waals surface area contributed by atoms with Gasteiger partial charge in [0.15, 0.2) is 5.16 Å². The van der Waals surface area contributed by atoms with E-state index in [1.165, 1.54) is 13.0 Å². The molecule has 6 nitrogen and oxygen atoms in total. The molecular formula is C12H11F3N4O2S. The summed E-state index contributed by atoms with van der Waals surface area (Å²) in [6, 6.07) is 2.29. The number of anilines is 1. The van der Waals surface area contributed by atoms with E-state index in [1.807, 2.05) is 0 Å². The number of nitrogens with one attached hydrogen (secondary N) is 1. The van der Waals surface area contributed by atoms with E-state index < -0.39 is 23.0 Å². The molecule has 0 aliphatic rings. The zero-order valence-corrected chi connectivity index (χ0v) is 12.3. The molecule has 0 spiro atoms. The maximum absolute atomic E-state index is 12.6. The summed E-state index contributed by atoms with van der Waals surface area (Å²) in [7, 11) is 0. The minimum Gasteiger partial charge on any atom is -0.338 e. The Labute approximate surface area is 127 Å². The Kier molecular flexibility index (Phi) is 4.69. The number of carbonyl (C=O) groups is 1. The summed E-state index contributed by atoms with van der Waals surface area (Å²) in [5.41, 5.74) is -0.458. The highest BCUT2D eigenvalue weighted by Gasteiger charge is 2.33. The number of amides is 1. The number of nitrogens with zero attached hydrogens (tertiary/aromatic N) is 3. The van der Waals surface area contributed by atoms with E-state index in [0.717, 1.165) is 24.0 Å².